The number of benzene rings is 1. The van der Waals surface area contributed by atoms with Crippen molar-refractivity contribution < 1.29 is 9.59 Å². The average molecular weight is 325 g/mol. The Balaban J connectivity index is 1.85. The SMILES string of the molecule is C[C@@H]1CCN2c3ccccc3CC3(C(=O)CC(C)(C)CC3=O)[C@@H]2C1. The fourth-order valence-electron chi connectivity index (χ4n) is 5.23. The molecule has 1 aliphatic carbocycles. The second-order valence-electron chi connectivity index (χ2n) is 8.98. The van der Waals surface area contributed by atoms with Crippen LogP contribution in [0.15, 0.2) is 24.3 Å². The van der Waals surface area contributed by atoms with Crippen molar-refractivity contribution in [3.05, 3.63) is 29.8 Å². The molecular weight excluding hydrogens is 298 g/mol. The van der Waals surface area contributed by atoms with E-state index in [0.29, 0.717) is 25.2 Å². The summed E-state index contributed by atoms with van der Waals surface area (Å²) < 4.78 is 0. The van der Waals surface area contributed by atoms with Crippen LogP contribution < -0.4 is 4.90 Å². The molecule has 0 bridgehead atoms. The predicted octanol–water partition coefficient (Wildman–Crippen LogP) is 3.79. The number of ketones is 2. The van der Waals surface area contributed by atoms with Crippen LogP contribution >= 0.6 is 0 Å². The van der Waals surface area contributed by atoms with E-state index in [1.807, 2.05) is 19.9 Å². The van der Waals surface area contributed by atoms with Crippen LogP contribution in [-0.4, -0.2) is 24.2 Å². The molecule has 1 spiro atoms. The van der Waals surface area contributed by atoms with E-state index in [4.69, 9.17) is 0 Å². The van der Waals surface area contributed by atoms with Gasteiger partial charge < -0.3 is 4.90 Å². The van der Waals surface area contributed by atoms with Gasteiger partial charge in [-0.05, 0) is 42.2 Å². The van der Waals surface area contributed by atoms with Crippen LogP contribution in [-0.2, 0) is 16.0 Å². The number of hydrogen-bond acceptors (Lipinski definition) is 3. The molecule has 1 saturated heterocycles. The van der Waals surface area contributed by atoms with E-state index < -0.39 is 5.41 Å². The molecule has 3 nitrogen and oxygen atoms in total. The minimum Gasteiger partial charge on any atom is -0.367 e. The van der Waals surface area contributed by atoms with E-state index >= 15 is 0 Å². The van der Waals surface area contributed by atoms with Gasteiger partial charge in [0, 0.05) is 31.1 Å². The van der Waals surface area contributed by atoms with Crippen molar-refractivity contribution in [2.75, 3.05) is 11.4 Å². The van der Waals surface area contributed by atoms with Crippen LogP contribution in [0.3, 0.4) is 0 Å². The van der Waals surface area contributed by atoms with Gasteiger partial charge in [0.1, 0.15) is 17.0 Å². The number of hydrogen-bond donors (Lipinski definition) is 0. The minimum absolute atomic E-state index is 0.0484. The lowest BCUT2D eigenvalue weighted by Crippen LogP contribution is -2.65. The van der Waals surface area contributed by atoms with Gasteiger partial charge in [0.05, 0.1) is 0 Å². The van der Waals surface area contributed by atoms with Crippen molar-refractivity contribution >= 4 is 17.3 Å². The van der Waals surface area contributed by atoms with Crippen LogP contribution in [0.5, 0.6) is 0 Å². The van der Waals surface area contributed by atoms with Gasteiger partial charge in [0.25, 0.3) is 0 Å². The van der Waals surface area contributed by atoms with E-state index in [1.165, 1.54) is 11.3 Å². The largest absolute Gasteiger partial charge is 0.367 e. The number of carbonyl (C=O) groups is 2. The summed E-state index contributed by atoms with van der Waals surface area (Å²) in [6, 6.07) is 8.41. The molecule has 24 heavy (non-hydrogen) atoms. The van der Waals surface area contributed by atoms with Gasteiger partial charge in [0.15, 0.2) is 0 Å². The van der Waals surface area contributed by atoms with E-state index in [0.717, 1.165) is 19.4 Å². The zero-order valence-corrected chi connectivity index (χ0v) is 15.0. The Morgan fingerprint density at radius 3 is 2.42 bits per heavy atom. The standard InChI is InChI=1S/C21H27NO2/c1-14-8-9-22-16-7-5-4-6-15(16)11-21(17(22)10-14)18(23)12-20(2,3)13-19(21)24/h4-7,14,17H,8-13H2,1-3H3/t14-,17+/m1/s1. The predicted molar refractivity (Wildman–Crippen MR) is 95.1 cm³/mol. The molecule has 128 valence electrons. The lowest BCUT2D eigenvalue weighted by atomic mass is 9.55. The number of fused-ring (bicyclic) bond motifs is 4. The lowest BCUT2D eigenvalue weighted by molar-refractivity contribution is -0.151. The van der Waals surface area contributed by atoms with Gasteiger partial charge in [-0.25, -0.2) is 0 Å². The first kappa shape index (κ1) is 15.9. The van der Waals surface area contributed by atoms with E-state index in [9.17, 15) is 9.59 Å². The summed E-state index contributed by atoms with van der Waals surface area (Å²) in [4.78, 5) is 29.0. The highest BCUT2D eigenvalue weighted by Gasteiger charge is 2.60. The quantitative estimate of drug-likeness (QED) is 0.681. The Labute approximate surface area is 144 Å². The first-order valence-electron chi connectivity index (χ1n) is 9.25. The van der Waals surface area contributed by atoms with Crippen LogP contribution in [0.25, 0.3) is 0 Å². The molecule has 3 aliphatic rings. The maximum absolute atomic E-state index is 13.3. The highest BCUT2D eigenvalue weighted by molar-refractivity contribution is 6.11. The molecule has 2 atom stereocenters. The summed E-state index contributed by atoms with van der Waals surface area (Å²) in [6.07, 6.45) is 3.74. The van der Waals surface area contributed by atoms with E-state index in [-0.39, 0.29) is 23.0 Å². The maximum atomic E-state index is 13.3. The highest BCUT2D eigenvalue weighted by atomic mass is 16.2. The van der Waals surface area contributed by atoms with Crippen molar-refractivity contribution in [1.29, 1.82) is 0 Å². The molecule has 4 rings (SSSR count). The van der Waals surface area contributed by atoms with Gasteiger partial charge >= 0.3 is 0 Å². The Morgan fingerprint density at radius 1 is 1.04 bits per heavy atom. The van der Waals surface area contributed by atoms with Crippen molar-refractivity contribution in [2.24, 2.45) is 16.7 Å². The Bertz CT molecular complexity index is 686. The number of piperidine rings is 1. The summed E-state index contributed by atoms with van der Waals surface area (Å²) in [7, 11) is 0. The van der Waals surface area contributed by atoms with Gasteiger partial charge in [-0.2, -0.15) is 0 Å². The lowest BCUT2D eigenvalue weighted by Gasteiger charge is -2.55. The third-order valence-corrected chi connectivity index (χ3v) is 6.48. The molecule has 0 aromatic heterocycles. The molecule has 1 aromatic carbocycles. The van der Waals surface area contributed by atoms with Crippen molar-refractivity contribution in [1.82, 2.24) is 0 Å². The second kappa shape index (κ2) is 5.18. The number of para-hydroxylation sites is 1. The summed E-state index contributed by atoms with van der Waals surface area (Å²) >= 11 is 0. The fraction of sp³-hybridized carbons (Fsp3) is 0.619. The second-order valence-corrected chi connectivity index (χ2v) is 8.98. The van der Waals surface area contributed by atoms with Crippen LogP contribution in [0, 0.1) is 16.7 Å². The number of rotatable bonds is 0. The average Bonchev–Trinajstić information content (AvgIpc) is 2.51. The zero-order chi connectivity index (χ0) is 17.1. The maximum Gasteiger partial charge on any atom is 0.149 e. The third-order valence-electron chi connectivity index (χ3n) is 6.48. The third kappa shape index (κ3) is 2.17. The molecule has 0 unspecified atom stereocenters. The monoisotopic (exact) mass is 325 g/mol. The number of anilines is 1. The Kier molecular flexibility index (Phi) is 3.42. The van der Waals surface area contributed by atoms with Gasteiger partial charge in [-0.1, -0.05) is 39.0 Å². The van der Waals surface area contributed by atoms with Gasteiger partial charge in [-0.15, -0.1) is 0 Å². The van der Waals surface area contributed by atoms with E-state index in [1.54, 1.807) is 0 Å². The zero-order valence-electron chi connectivity index (χ0n) is 15.0. The minimum atomic E-state index is -0.807. The summed E-state index contributed by atoms with van der Waals surface area (Å²) in [5.41, 5.74) is 1.41. The topological polar surface area (TPSA) is 37.4 Å². The molecule has 2 aliphatic heterocycles. The van der Waals surface area contributed by atoms with Crippen LogP contribution in [0.4, 0.5) is 5.69 Å². The molecule has 2 fully saturated rings. The number of Topliss-reactive ketones (excluding diaryl/α,β-unsaturated/α-hetero) is 2. The highest BCUT2D eigenvalue weighted by Crippen LogP contribution is 2.52. The van der Waals surface area contributed by atoms with Crippen LogP contribution in [0.2, 0.25) is 0 Å². The normalized spacial score (nSPS) is 30.9. The van der Waals surface area contributed by atoms with Crippen molar-refractivity contribution in [2.45, 2.75) is 58.9 Å². The summed E-state index contributed by atoms with van der Waals surface area (Å²) in [5.74, 6) is 0.939. The number of carbonyl (C=O) groups excluding carboxylic acids is 2. The van der Waals surface area contributed by atoms with Crippen molar-refractivity contribution in [3.63, 3.8) is 0 Å². The Hall–Kier alpha value is -1.64. The molecule has 0 N–H and O–H groups in total. The first-order chi connectivity index (χ1) is 11.3. The molecule has 2 heterocycles. The van der Waals surface area contributed by atoms with E-state index in [2.05, 4.69) is 30.0 Å². The van der Waals surface area contributed by atoms with Crippen molar-refractivity contribution in [3.8, 4) is 0 Å². The molecule has 1 saturated carbocycles. The van der Waals surface area contributed by atoms with Crippen LogP contribution in [0.1, 0.15) is 52.0 Å². The molecular formula is C21H27NO2. The molecule has 1 aromatic rings. The molecule has 0 radical (unpaired) electrons. The van der Waals surface area contributed by atoms with Gasteiger partial charge in [0.2, 0.25) is 0 Å². The summed E-state index contributed by atoms with van der Waals surface area (Å²) in [6.45, 7) is 7.31. The number of nitrogens with zero attached hydrogens (tertiary/aromatic N) is 1. The smallest absolute Gasteiger partial charge is 0.149 e. The first-order valence-corrected chi connectivity index (χ1v) is 9.25. The summed E-state index contributed by atoms with van der Waals surface area (Å²) in [5, 5.41) is 0. The van der Waals surface area contributed by atoms with Gasteiger partial charge in [-0.3, -0.25) is 9.59 Å². The molecule has 3 heteroatoms. The fourth-order valence-corrected chi connectivity index (χ4v) is 5.23. The molecule has 0 amide bonds. The Morgan fingerprint density at radius 2 is 1.71 bits per heavy atom.